The van der Waals surface area contributed by atoms with Gasteiger partial charge in [-0.05, 0) is 88.7 Å². The normalized spacial score (nSPS) is 10.7. The van der Waals surface area contributed by atoms with Crippen LogP contribution in [0.15, 0.2) is 72.8 Å². The van der Waals surface area contributed by atoms with Crippen LogP contribution >= 0.6 is 22.6 Å². The van der Waals surface area contributed by atoms with Crippen molar-refractivity contribution in [1.29, 1.82) is 0 Å². The number of halogens is 1. The molecule has 0 radical (unpaired) electrons. The van der Waals surface area contributed by atoms with E-state index < -0.39 is 0 Å². The summed E-state index contributed by atoms with van der Waals surface area (Å²) in [5.74, 6) is 1.10. The smallest absolute Gasteiger partial charge is 0.248 e. The van der Waals surface area contributed by atoms with Gasteiger partial charge < -0.3 is 14.8 Å². The van der Waals surface area contributed by atoms with Crippen LogP contribution in [-0.4, -0.2) is 13.0 Å². The highest BCUT2D eigenvalue weighted by atomic mass is 127. The molecular weight excluding hydrogens is 477 g/mol. The van der Waals surface area contributed by atoms with Crippen LogP contribution in [0.3, 0.4) is 0 Å². The van der Waals surface area contributed by atoms with Gasteiger partial charge in [0.05, 0.1) is 7.11 Å². The zero-order valence-corrected chi connectivity index (χ0v) is 18.5. The lowest BCUT2D eigenvalue weighted by molar-refractivity contribution is -0.111. The van der Waals surface area contributed by atoms with E-state index in [4.69, 9.17) is 9.47 Å². The highest BCUT2D eigenvalue weighted by molar-refractivity contribution is 14.1. The molecule has 1 N–H and O–H groups in total. The molecule has 29 heavy (non-hydrogen) atoms. The highest BCUT2D eigenvalue weighted by Crippen LogP contribution is 2.29. The van der Waals surface area contributed by atoms with E-state index in [0.29, 0.717) is 18.1 Å². The second kappa shape index (κ2) is 10.1. The molecule has 0 heterocycles. The molecule has 1 amide bonds. The molecular formula is C24H22INO3. The number of ether oxygens (including phenoxy) is 2. The zero-order chi connectivity index (χ0) is 20.6. The molecule has 3 rings (SSSR count). The topological polar surface area (TPSA) is 47.6 Å². The third kappa shape index (κ3) is 6.09. The summed E-state index contributed by atoms with van der Waals surface area (Å²) in [5, 5.41) is 2.84. The number of methoxy groups -OCH3 is 1. The van der Waals surface area contributed by atoms with Crippen LogP contribution in [0.25, 0.3) is 6.08 Å². The Hall–Kier alpha value is -2.80. The van der Waals surface area contributed by atoms with Gasteiger partial charge in [0, 0.05) is 15.3 Å². The monoisotopic (exact) mass is 499 g/mol. The number of hydrogen-bond acceptors (Lipinski definition) is 3. The molecule has 4 nitrogen and oxygen atoms in total. The first kappa shape index (κ1) is 20.9. The zero-order valence-electron chi connectivity index (χ0n) is 16.3. The Kier molecular flexibility index (Phi) is 7.30. The van der Waals surface area contributed by atoms with E-state index in [-0.39, 0.29) is 5.91 Å². The van der Waals surface area contributed by atoms with Gasteiger partial charge in [-0.15, -0.1) is 0 Å². The van der Waals surface area contributed by atoms with Crippen molar-refractivity contribution in [1.82, 2.24) is 0 Å². The largest absolute Gasteiger partial charge is 0.493 e. The summed E-state index contributed by atoms with van der Waals surface area (Å²) in [7, 11) is 1.60. The van der Waals surface area contributed by atoms with Crippen molar-refractivity contribution in [3.05, 3.63) is 93.1 Å². The number of rotatable bonds is 7. The first-order valence-electron chi connectivity index (χ1n) is 9.15. The van der Waals surface area contributed by atoms with Crippen LogP contribution in [-0.2, 0) is 11.4 Å². The molecule has 0 aliphatic carbocycles. The fourth-order valence-electron chi connectivity index (χ4n) is 2.72. The maximum Gasteiger partial charge on any atom is 0.248 e. The van der Waals surface area contributed by atoms with Gasteiger partial charge >= 0.3 is 0 Å². The lowest BCUT2D eigenvalue weighted by Gasteiger charge is -2.12. The summed E-state index contributed by atoms with van der Waals surface area (Å²) in [6, 6.07) is 21.3. The van der Waals surface area contributed by atoms with Crippen molar-refractivity contribution in [3.63, 3.8) is 0 Å². The van der Waals surface area contributed by atoms with E-state index in [1.807, 2.05) is 60.7 Å². The van der Waals surface area contributed by atoms with Crippen molar-refractivity contribution in [2.75, 3.05) is 12.4 Å². The highest BCUT2D eigenvalue weighted by Gasteiger charge is 2.07. The Morgan fingerprint density at radius 1 is 1.03 bits per heavy atom. The Morgan fingerprint density at radius 2 is 1.79 bits per heavy atom. The predicted molar refractivity (Wildman–Crippen MR) is 125 cm³/mol. The summed E-state index contributed by atoms with van der Waals surface area (Å²) in [4.78, 5) is 12.1. The molecule has 0 saturated heterocycles. The van der Waals surface area contributed by atoms with E-state index in [1.165, 1.54) is 11.6 Å². The molecule has 3 aromatic carbocycles. The molecule has 148 valence electrons. The Balaban J connectivity index is 1.64. The van der Waals surface area contributed by atoms with Crippen LogP contribution in [0.2, 0.25) is 0 Å². The second-order valence-electron chi connectivity index (χ2n) is 6.45. The summed E-state index contributed by atoms with van der Waals surface area (Å²) in [6.07, 6.45) is 3.25. The standard InChI is InChI=1S/C24H22INO3/c1-17-5-3-4-6-19(17)16-29-22-13-7-18(15-23(22)28-2)8-14-24(27)26-21-11-9-20(25)10-12-21/h3-15H,16H2,1-2H3,(H,26,27). The Morgan fingerprint density at radius 3 is 2.52 bits per heavy atom. The molecule has 0 fully saturated rings. The van der Waals surface area contributed by atoms with Gasteiger partial charge in [0.15, 0.2) is 11.5 Å². The first-order chi connectivity index (χ1) is 14.0. The predicted octanol–water partition coefficient (Wildman–Crippen LogP) is 5.84. The van der Waals surface area contributed by atoms with Crippen LogP contribution < -0.4 is 14.8 Å². The van der Waals surface area contributed by atoms with Crippen LogP contribution in [0, 0.1) is 10.5 Å². The van der Waals surface area contributed by atoms with E-state index >= 15 is 0 Å². The van der Waals surface area contributed by atoms with Crippen molar-refractivity contribution in [2.45, 2.75) is 13.5 Å². The SMILES string of the molecule is COc1cc(C=CC(=O)Nc2ccc(I)cc2)ccc1OCc1ccccc1C. The molecule has 5 heteroatoms. The third-order valence-electron chi connectivity index (χ3n) is 4.37. The molecule has 0 bridgehead atoms. The van der Waals surface area contributed by atoms with Crippen molar-refractivity contribution in [2.24, 2.45) is 0 Å². The third-order valence-corrected chi connectivity index (χ3v) is 5.09. The van der Waals surface area contributed by atoms with E-state index in [2.05, 4.69) is 40.9 Å². The molecule has 0 spiro atoms. The number of nitrogens with one attached hydrogen (secondary N) is 1. The van der Waals surface area contributed by atoms with Crippen LogP contribution in [0.1, 0.15) is 16.7 Å². The minimum atomic E-state index is -0.190. The number of amides is 1. The maximum atomic E-state index is 12.1. The van der Waals surface area contributed by atoms with Crippen LogP contribution in [0.5, 0.6) is 11.5 Å². The van der Waals surface area contributed by atoms with Gasteiger partial charge in [0.2, 0.25) is 5.91 Å². The molecule has 0 aliphatic rings. The first-order valence-corrected chi connectivity index (χ1v) is 10.2. The average Bonchev–Trinajstić information content (AvgIpc) is 2.73. The average molecular weight is 499 g/mol. The number of carbonyl (C=O) groups excluding carboxylic acids is 1. The van der Waals surface area contributed by atoms with Gasteiger partial charge in [0.25, 0.3) is 0 Å². The lowest BCUT2D eigenvalue weighted by Crippen LogP contribution is -2.07. The number of hydrogen-bond donors (Lipinski definition) is 1. The quantitative estimate of drug-likeness (QED) is 0.328. The minimum absolute atomic E-state index is 0.190. The number of carbonyl (C=O) groups is 1. The molecule has 3 aromatic rings. The summed E-state index contributed by atoms with van der Waals surface area (Å²) >= 11 is 2.23. The van der Waals surface area contributed by atoms with E-state index in [1.54, 1.807) is 13.2 Å². The van der Waals surface area contributed by atoms with Gasteiger partial charge in [-0.2, -0.15) is 0 Å². The summed E-state index contributed by atoms with van der Waals surface area (Å²) in [6.45, 7) is 2.53. The molecule has 0 aliphatic heterocycles. The maximum absolute atomic E-state index is 12.1. The molecule has 0 atom stereocenters. The number of benzene rings is 3. The van der Waals surface area contributed by atoms with E-state index in [0.717, 1.165) is 20.4 Å². The molecule has 0 unspecified atom stereocenters. The summed E-state index contributed by atoms with van der Waals surface area (Å²) in [5.41, 5.74) is 3.93. The van der Waals surface area contributed by atoms with Gasteiger partial charge in [-0.3, -0.25) is 4.79 Å². The summed E-state index contributed by atoms with van der Waals surface area (Å²) < 4.78 is 12.5. The molecule has 0 aromatic heterocycles. The number of anilines is 1. The fraction of sp³-hybridized carbons (Fsp3) is 0.125. The molecule has 0 saturated carbocycles. The van der Waals surface area contributed by atoms with Crippen molar-refractivity contribution >= 4 is 40.3 Å². The lowest BCUT2D eigenvalue weighted by atomic mass is 10.1. The van der Waals surface area contributed by atoms with Gasteiger partial charge in [-0.1, -0.05) is 30.3 Å². The number of aryl methyl sites for hydroxylation is 1. The van der Waals surface area contributed by atoms with Crippen molar-refractivity contribution < 1.29 is 14.3 Å². The van der Waals surface area contributed by atoms with Gasteiger partial charge in [0.1, 0.15) is 6.61 Å². The minimum Gasteiger partial charge on any atom is -0.493 e. The fourth-order valence-corrected chi connectivity index (χ4v) is 3.08. The van der Waals surface area contributed by atoms with E-state index in [9.17, 15) is 4.79 Å². The van der Waals surface area contributed by atoms with Crippen LogP contribution in [0.4, 0.5) is 5.69 Å². The Labute approximate surface area is 184 Å². The van der Waals surface area contributed by atoms with Crippen molar-refractivity contribution in [3.8, 4) is 11.5 Å². The van der Waals surface area contributed by atoms with Gasteiger partial charge in [-0.25, -0.2) is 0 Å². The second-order valence-corrected chi connectivity index (χ2v) is 7.70. The Bertz CT molecular complexity index is 1010.